The van der Waals surface area contributed by atoms with E-state index in [2.05, 4.69) is 12.2 Å². The van der Waals surface area contributed by atoms with Crippen LogP contribution in [0.3, 0.4) is 0 Å². The van der Waals surface area contributed by atoms with Gasteiger partial charge in [0, 0.05) is 40.6 Å². The van der Waals surface area contributed by atoms with Crippen LogP contribution in [0.2, 0.25) is 0 Å². The van der Waals surface area contributed by atoms with Crippen LogP contribution in [0.1, 0.15) is 26.7 Å². The minimum absolute atomic E-state index is 0. The van der Waals surface area contributed by atoms with Crippen LogP contribution in [0.4, 0.5) is 0 Å². The third-order valence-electron chi connectivity index (χ3n) is 2.91. The van der Waals surface area contributed by atoms with Crippen LogP contribution < -0.4 is 0 Å². The normalized spacial score (nSPS) is 26.9. The van der Waals surface area contributed by atoms with Gasteiger partial charge >= 0.3 is 0 Å². The summed E-state index contributed by atoms with van der Waals surface area (Å²) in [4.78, 5) is 13.4. The number of hydrogen-bond donors (Lipinski definition) is 0. The summed E-state index contributed by atoms with van der Waals surface area (Å²) in [5.74, 6) is 0.895. The summed E-state index contributed by atoms with van der Waals surface area (Å²) in [6, 6.07) is 0.351. The minimum atomic E-state index is 0. The second-order valence-corrected chi connectivity index (χ2v) is 3.78. The van der Waals surface area contributed by atoms with E-state index in [4.69, 9.17) is 0 Å². The molecule has 1 rings (SSSR count). The maximum Gasteiger partial charge on any atom is 0.222 e. The van der Waals surface area contributed by atoms with Crippen molar-refractivity contribution in [2.24, 2.45) is 5.92 Å². The summed E-state index contributed by atoms with van der Waals surface area (Å²) in [7, 11) is 1.85. The molecule has 0 spiro atoms. The first-order chi connectivity index (χ1) is 6.19. The van der Waals surface area contributed by atoms with E-state index in [0.717, 1.165) is 19.5 Å². The maximum absolute atomic E-state index is 11.4. The number of nitrogens with zero attached hydrogens (tertiary/aromatic N) is 2. The van der Waals surface area contributed by atoms with Gasteiger partial charge in [0.05, 0.1) is 0 Å². The van der Waals surface area contributed by atoms with E-state index in [1.807, 2.05) is 18.9 Å². The molecular formula is C10H19N2OW-. The molecule has 0 aromatic heterocycles. The predicted molar refractivity (Wildman–Crippen MR) is 53.7 cm³/mol. The standard InChI is InChI=1S/C10H19N2O.W/c1-4-10(13)12-6-5-8(2)9(7-12)11-3;/h8-9H,4-7H2,1-3H3;/q-1;/t8-,9+;/m1./s1. The largest absolute Gasteiger partial charge is 0.661 e. The van der Waals surface area contributed by atoms with Crippen LogP contribution in [-0.2, 0) is 25.9 Å². The van der Waals surface area contributed by atoms with Crippen molar-refractivity contribution in [3.63, 3.8) is 0 Å². The minimum Gasteiger partial charge on any atom is -0.661 e. The maximum atomic E-state index is 11.4. The number of rotatable bonds is 2. The van der Waals surface area contributed by atoms with Gasteiger partial charge in [-0.2, -0.15) is 7.05 Å². The van der Waals surface area contributed by atoms with Gasteiger partial charge in [0.2, 0.25) is 5.91 Å². The first-order valence-electron chi connectivity index (χ1n) is 5.05. The second-order valence-electron chi connectivity index (χ2n) is 3.78. The Labute approximate surface area is 101 Å². The molecule has 0 unspecified atom stereocenters. The molecule has 1 fully saturated rings. The average molecular weight is 367 g/mol. The van der Waals surface area contributed by atoms with Crippen LogP contribution in [-0.4, -0.2) is 37.0 Å². The van der Waals surface area contributed by atoms with Crippen LogP contribution >= 0.6 is 0 Å². The molecule has 0 aliphatic carbocycles. The van der Waals surface area contributed by atoms with E-state index in [1.165, 1.54) is 0 Å². The molecule has 0 aromatic rings. The van der Waals surface area contributed by atoms with Crippen LogP contribution in [0.5, 0.6) is 0 Å². The van der Waals surface area contributed by atoms with E-state index < -0.39 is 0 Å². The molecule has 1 saturated heterocycles. The van der Waals surface area contributed by atoms with Gasteiger partial charge in [-0.05, 0) is 6.42 Å². The Morgan fingerprint density at radius 3 is 2.71 bits per heavy atom. The van der Waals surface area contributed by atoms with Crippen molar-refractivity contribution in [3.05, 3.63) is 5.32 Å². The third-order valence-corrected chi connectivity index (χ3v) is 2.91. The topological polar surface area (TPSA) is 34.4 Å². The Bertz CT molecular complexity index is 187. The summed E-state index contributed by atoms with van der Waals surface area (Å²) < 4.78 is 0. The molecule has 0 bridgehead atoms. The van der Waals surface area contributed by atoms with Gasteiger partial charge in [-0.1, -0.05) is 19.8 Å². The molecule has 2 atom stereocenters. The smallest absolute Gasteiger partial charge is 0.222 e. The zero-order valence-corrected chi connectivity index (χ0v) is 12.1. The molecule has 82 valence electrons. The molecule has 1 heterocycles. The fourth-order valence-electron chi connectivity index (χ4n) is 1.84. The van der Waals surface area contributed by atoms with E-state index in [9.17, 15) is 4.79 Å². The van der Waals surface area contributed by atoms with Crippen molar-refractivity contribution in [3.8, 4) is 0 Å². The monoisotopic (exact) mass is 367 g/mol. The van der Waals surface area contributed by atoms with Crippen LogP contribution in [0.15, 0.2) is 0 Å². The number of piperidine rings is 1. The van der Waals surface area contributed by atoms with Gasteiger partial charge in [-0.25, -0.2) is 0 Å². The van der Waals surface area contributed by atoms with Gasteiger partial charge in [-0.15, -0.1) is 6.04 Å². The second kappa shape index (κ2) is 6.57. The fraction of sp³-hybridized carbons (Fsp3) is 0.900. The van der Waals surface area contributed by atoms with Crippen molar-refractivity contribution >= 4 is 5.91 Å². The van der Waals surface area contributed by atoms with Crippen molar-refractivity contribution in [2.75, 3.05) is 20.1 Å². The molecule has 0 N–H and O–H groups in total. The number of likely N-dealkylation sites (N-methyl/N-ethyl adjacent to an activating group) is 1. The summed E-state index contributed by atoms with van der Waals surface area (Å²) in [5, 5.41) is 4.30. The van der Waals surface area contributed by atoms with Crippen molar-refractivity contribution in [2.45, 2.75) is 32.7 Å². The molecule has 1 aliphatic heterocycles. The number of amides is 1. The molecule has 4 heteroatoms. The van der Waals surface area contributed by atoms with Crippen LogP contribution in [0, 0.1) is 5.92 Å². The van der Waals surface area contributed by atoms with Gasteiger partial charge in [0.15, 0.2) is 0 Å². The first kappa shape index (κ1) is 14.1. The summed E-state index contributed by atoms with van der Waals surface area (Å²) in [6.45, 7) is 5.87. The Morgan fingerprint density at radius 2 is 2.21 bits per heavy atom. The summed E-state index contributed by atoms with van der Waals surface area (Å²) in [5.41, 5.74) is 0. The molecule has 1 amide bonds. The number of likely N-dealkylation sites (tertiary alicyclic amines) is 1. The fourth-order valence-corrected chi connectivity index (χ4v) is 1.84. The molecule has 14 heavy (non-hydrogen) atoms. The predicted octanol–water partition coefficient (Wildman–Crippen LogP) is 1.63. The quantitative estimate of drug-likeness (QED) is 0.731. The Morgan fingerprint density at radius 1 is 1.57 bits per heavy atom. The number of hydrogen-bond acceptors (Lipinski definition) is 1. The molecule has 3 nitrogen and oxygen atoms in total. The van der Waals surface area contributed by atoms with Crippen molar-refractivity contribution in [1.29, 1.82) is 0 Å². The zero-order valence-electron chi connectivity index (χ0n) is 9.19. The van der Waals surface area contributed by atoms with E-state index in [1.54, 1.807) is 0 Å². The summed E-state index contributed by atoms with van der Waals surface area (Å²) in [6.07, 6.45) is 1.71. The van der Waals surface area contributed by atoms with Gasteiger partial charge in [-0.3, -0.25) is 4.79 Å². The van der Waals surface area contributed by atoms with Gasteiger partial charge in [0.1, 0.15) is 0 Å². The molecule has 1 aliphatic rings. The van der Waals surface area contributed by atoms with Gasteiger partial charge in [0.25, 0.3) is 0 Å². The molecule has 0 radical (unpaired) electrons. The Kier molecular flexibility index (Phi) is 6.63. The average Bonchev–Trinajstić information content (AvgIpc) is 2.17. The van der Waals surface area contributed by atoms with Gasteiger partial charge < -0.3 is 10.2 Å². The molecule has 0 saturated carbocycles. The van der Waals surface area contributed by atoms with Crippen LogP contribution in [0.25, 0.3) is 5.32 Å². The zero-order chi connectivity index (χ0) is 9.84. The van der Waals surface area contributed by atoms with E-state index in [0.29, 0.717) is 18.4 Å². The molecule has 0 aromatic carbocycles. The molecular weight excluding hydrogens is 348 g/mol. The third kappa shape index (κ3) is 3.36. The first-order valence-corrected chi connectivity index (χ1v) is 5.05. The van der Waals surface area contributed by atoms with Crippen molar-refractivity contribution in [1.82, 2.24) is 4.90 Å². The Hall–Kier alpha value is 0.118. The van der Waals surface area contributed by atoms with E-state index >= 15 is 0 Å². The summed E-state index contributed by atoms with van der Waals surface area (Å²) >= 11 is 0. The Balaban J connectivity index is 0.00000169. The van der Waals surface area contributed by atoms with E-state index in [-0.39, 0.29) is 27.0 Å². The SMILES string of the molecule is CCC(=O)N1CC[C@@H](C)[C@@H]([N-]C)C1.[W]. The number of carbonyl (C=O) groups is 1. The van der Waals surface area contributed by atoms with Crippen molar-refractivity contribution < 1.29 is 25.9 Å². The number of carbonyl (C=O) groups excluding carboxylic acids is 1.